The predicted octanol–water partition coefficient (Wildman–Crippen LogP) is 2.25. The van der Waals surface area contributed by atoms with Gasteiger partial charge in [-0.05, 0) is 25.0 Å². The first-order valence-corrected chi connectivity index (χ1v) is 7.54. The zero-order valence-corrected chi connectivity index (χ0v) is 13.1. The van der Waals surface area contributed by atoms with Crippen molar-refractivity contribution in [2.75, 3.05) is 6.61 Å². The van der Waals surface area contributed by atoms with Gasteiger partial charge in [0, 0.05) is 11.4 Å². The fourth-order valence-electron chi connectivity index (χ4n) is 2.18. The maximum atomic E-state index is 12.0. The lowest BCUT2D eigenvalue weighted by atomic mass is 10.2. The summed E-state index contributed by atoms with van der Waals surface area (Å²) in [4.78, 5) is 35.5. The van der Waals surface area contributed by atoms with Crippen molar-refractivity contribution >= 4 is 22.8 Å². The van der Waals surface area contributed by atoms with Crippen molar-refractivity contribution in [3.8, 4) is 0 Å². The molecule has 1 N–H and O–H groups in total. The van der Waals surface area contributed by atoms with E-state index in [0.29, 0.717) is 11.0 Å². The van der Waals surface area contributed by atoms with Crippen LogP contribution in [0.1, 0.15) is 37.0 Å². The van der Waals surface area contributed by atoms with Gasteiger partial charge in [0.1, 0.15) is 11.1 Å². The van der Waals surface area contributed by atoms with E-state index in [2.05, 4.69) is 5.32 Å². The van der Waals surface area contributed by atoms with E-state index >= 15 is 0 Å². The van der Waals surface area contributed by atoms with Crippen LogP contribution in [0, 0.1) is 0 Å². The van der Waals surface area contributed by atoms with Crippen molar-refractivity contribution in [1.29, 1.82) is 0 Å². The summed E-state index contributed by atoms with van der Waals surface area (Å²) in [7, 11) is 0. The minimum atomic E-state index is -0.871. The highest BCUT2D eigenvalue weighted by molar-refractivity contribution is 5.94. The maximum absolute atomic E-state index is 12.0. The van der Waals surface area contributed by atoms with E-state index in [9.17, 15) is 14.4 Å². The van der Waals surface area contributed by atoms with Crippen molar-refractivity contribution in [1.82, 2.24) is 5.32 Å². The summed E-state index contributed by atoms with van der Waals surface area (Å²) < 4.78 is 9.96. The van der Waals surface area contributed by atoms with Crippen molar-refractivity contribution in [3.63, 3.8) is 0 Å². The van der Waals surface area contributed by atoms with Gasteiger partial charge in [-0.15, -0.1) is 0 Å². The number of ether oxygens (including phenoxy) is 1. The number of hydrogen-bond donors (Lipinski definition) is 1. The van der Waals surface area contributed by atoms with Gasteiger partial charge in [-0.1, -0.05) is 32.0 Å². The summed E-state index contributed by atoms with van der Waals surface area (Å²) in [6.45, 7) is 3.49. The zero-order chi connectivity index (χ0) is 16.8. The molecule has 2 aromatic rings. The molecule has 0 spiro atoms. The lowest BCUT2D eigenvalue weighted by Gasteiger charge is -2.14. The number of carbonyl (C=O) groups excluding carboxylic acids is 2. The number of rotatable bonds is 6. The molecule has 2 rings (SSSR count). The smallest absolute Gasteiger partial charge is 0.351 e. The number of fused-ring (bicyclic) bond motifs is 1. The largest absolute Gasteiger partial charge is 0.452 e. The lowest BCUT2D eigenvalue weighted by molar-refractivity contribution is -0.125. The summed E-state index contributed by atoms with van der Waals surface area (Å²) in [5, 5.41) is 3.36. The van der Waals surface area contributed by atoms with Crippen molar-refractivity contribution in [2.24, 2.45) is 0 Å². The molecule has 0 bridgehead atoms. The molecule has 0 atom stereocenters. The Morgan fingerprint density at radius 2 is 1.91 bits per heavy atom. The Balaban J connectivity index is 2.05. The van der Waals surface area contributed by atoms with Crippen LogP contribution in [0.15, 0.2) is 39.5 Å². The van der Waals surface area contributed by atoms with Gasteiger partial charge in [0.15, 0.2) is 6.61 Å². The number of para-hydroxylation sites is 1. The van der Waals surface area contributed by atoms with Crippen LogP contribution < -0.4 is 10.9 Å². The predicted molar refractivity (Wildman–Crippen MR) is 85.3 cm³/mol. The molecule has 0 saturated carbocycles. The van der Waals surface area contributed by atoms with Crippen LogP contribution >= 0.6 is 0 Å². The standard InChI is InChI=1S/C17H19NO5/c1-3-12(4-2)18-15(19)10-22-16(20)13-9-11-7-5-6-8-14(11)23-17(13)21/h5-9,12H,3-4,10H2,1-2H3,(H,18,19). The molecule has 0 aliphatic heterocycles. The Hall–Kier alpha value is -2.63. The third-order valence-corrected chi connectivity index (χ3v) is 3.55. The van der Waals surface area contributed by atoms with Crippen molar-refractivity contribution < 1.29 is 18.7 Å². The monoisotopic (exact) mass is 317 g/mol. The molecular weight excluding hydrogens is 298 g/mol. The van der Waals surface area contributed by atoms with Gasteiger partial charge in [-0.2, -0.15) is 0 Å². The Morgan fingerprint density at radius 3 is 2.61 bits per heavy atom. The molecule has 0 saturated heterocycles. The number of benzene rings is 1. The quantitative estimate of drug-likeness (QED) is 0.652. The number of esters is 1. The molecule has 0 aliphatic rings. The minimum Gasteiger partial charge on any atom is -0.452 e. The van der Waals surface area contributed by atoms with E-state index in [0.717, 1.165) is 12.8 Å². The van der Waals surface area contributed by atoms with E-state index in [4.69, 9.17) is 9.15 Å². The molecule has 6 heteroatoms. The number of carbonyl (C=O) groups is 2. The summed E-state index contributed by atoms with van der Waals surface area (Å²) in [6, 6.07) is 8.30. The molecule has 1 aromatic heterocycles. The van der Waals surface area contributed by atoms with Crippen molar-refractivity contribution in [3.05, 3.63) is 46.3 Å². The first kappa shape index (κ1) is 16.7. The molecule has 0 aliphatic carbocycles. The second-order valence-electron chi connectivity index (χ2n) is 5.14. The SMILES string of the molecule is CCC(CC)NC(=O)COC(=O)c1cc2ccccc2oc1=O. The van der Waals surface area contributed by atoms with Gasteiger partial charge < -0.3 is 14.5 Å². The third-order valence-electron chi connectivity index (χ3n) is 3.55. The summed E-state index contributed by atoms with van der Waals surface area (Å²) in [5.74, 6) is -1.26. The molecule has 0 unspecified atom stereocenters. The fourth-order valence-corrected chi connectivity index (χ4v) is 2.18. The molecule has 1 aromatic carbocycles. The molecule has 23 heavy (non-hydrogen) atoms. The number of nitrogens with one attached hydrogen (secondary N) is 1. The van der Waals surface area contributed by atoms with Crippen LogP contribution in [-0.4, -0.2) is 24.5 Å². The van der Waals surface area contributed by atoms with E-state index in [1.807, 2.05) is 13.8 Å². The summed E-state index contributed by atoms with van der Waals surface area (Å²) in [5.41, 5.74) is -0.617. The molecule has 1 amide bonds. The van der Waals surface area contributed by atoms with E-state index in [1.54, 1.807) is 24.3 Å². The van der Waals surface area contributed by atoms with Crippen LogP contribution in [0.25, 0.3) is 11.0 Å². The summed E-state index contributed by atoms with van der Waals surface area (Å²) >= 11 is 0. The molecule has 0 fully saturated rings. The average Bonchev–Trinajstić information content (AvgIpc) is 2.56. The van der Waals surface area contributed by atoms with Crippen molar-refractivity contribution in [2.45, 2.75) is 32.7 Å². The van der Waals surface area contributed by atoms with E-state index < -0.39 is 24.1 Å². The van der Waals surface area contributed by atoms with Gasteiger partial charge in [-0.3, -0.25) is 4.79 Å². The average molecular weight is 317 g/mol. The zero-order valence-electron chi connectivity index (χ0n) is 13.1. The Kier molecular flexibility index (Phi) is 5.51. The minimum absolute atomic E-state index is 0.0481. The van der Waals surface area contributed by atoms with Gasteiger partial charge in [-0.25, -0.2) is 9.59 Å². The van der Waals surface area contributed by atoms with Crippen LogP contribution in [0.5, 0.6) is 0 Å². The Bertz CT molecular complexity index is 761. The van der Waals surface area contributed by atoms with Crippen LogP contribution in [0.3, 0.4) is 0 Å². The molecule has 1 heterocycles. The molecule has 6 nitrogen and oxygen atoms in total. The highest BCUT2D eigenvalue weighted by Gasteiger charge is 2.17. The third kappa shape index (κ3) is 4.18. The highest BCUT2D eigenvalue weighted by atomic mass is 16.5. The van der Waals surface area contributed by atoms with Gasteiger partial charge in [0.05, 0.1) is 0 Å². The normalized spacial score (nSPS) is 10.7. The second kappa shape index (κ2) is 7.58. The van der Waals surface area contributed by atoms with Crippen LogP contribution in [0.4, 0.5) is 0 Å². The topological polar surface area (TPSA) is 85.6 Å². The number of hydrogen-bond acceptors (Lipinski definition) is 5. The Morgan fingerprint density at radius 1 is 1.22 bits per heavy atom. The van der Waals surface area contributed by atoms with E-state index in [1.165, 1.54) is 6.07 Å². The van der Waals surface area contributed by atoms with E-state index in [-0.39, 0.29) is 11.6 Å². The van der Waals surface area contributed by atoms with Crippen LogP contribution in [-0.2, 0) is 9.53 Å². The first-order valence-electron chi connectivity index (χ1n) is 7.54. The maximum Gasteiger partial charge on any atom is 0.351 e. The Labute approximate surface area is 133 Å². The molecular formula is C17H19NO5. The highest BCUT2D eigenvalue weighted by Crippen LogP contribution is 2.13. The second-order valence-corrected chi connectivity index (χ2v) is 5.14. The number of amides is 1. The van der Waals surface area contributed by atoms with Gasteiger partial charge >= 0.3 is 11.6 Å². The molecule has 122 valence electrons. The van der Waals surface area contributed by atoms with Gasteiger partial charge in [0.25, 0.3) is 5.91 Å². The first-order chi connectivity index (χ1) is 11.0. The molecule has 0 radical (unpaired) electrons. The fraction of sp³-hybridized carbons (Fsp3) is 0.353. The lowest BCUT2D eigenvalue weighted by Crippen LogP contribution is -2.37. The van der Waals surface area contributed by atoms with Crippen LogP contribution in [0.2, 0.25) is 0 Å². The summed E-state index contributed by atoms with van der Waals surface area (Å²) in [6.07, 6.45) is 1.59. The van der Waals surface area contributed by atoms with Gasteiger partial charge in [0.2, 0.25) is 0 Å².